The first-order valence-electron chi connectivity index (χ1n) is 6.62. The lowest BCUT2D eigenvalue weighted by atomic mass is 9.97. The van der Waals surface area contributed by atoms with Crippen molar-refractivity contribution in [2.75, 3.05) is 25.4 Å². The van der Waals surface area contributed by atoms with Gasteiger partial charge in [-0.15, -0.1) is 0 Å². The van der Waals surface area contributed by atoms with Gasteiger partial charge in [-0.3, -0.25) is 9.79 Å². The molecular formula is C13H25N3OS. The average molecular weight is 271 g/mol. The number of hydrogen-bond acceptors (Lipinski definition) is 4. The maximum absolute atomic E-state index is 12.1. The standard InChI is InChI=1S/C13H25N3OS/c1-6-16(7-2)11(17)10(3)15-12-14-8-13(4,5)9-18-12/h10H,6-9H2,1-5H3,(H,14,15). The Balaban J connectivity index is 2.53. The van der Waals surface area contributed by atoms with E-state index in [0.717, 1.165) is 30.6 Å². The second-order valence-corrected chi connectivity index (χ2v) is 6.41. The molecule has 0 saturated carbocycles. The highest BCUT2D eigenvalue weighted by Gasteiger charge is 2.25. The third kappa shape index (κ3) is 4.19. The zero-order valence-corrected chi connectivity index (χ0v) is 12.9. The number of amides is 1. The smallest absolute Gasteiger partial charge is 0.244 e. The molecule has 0 aromatic heterocycles. The monoisotopic (exact) mass is 271 g/mol. The van der Waals surface area contributed by atoms with Crippen LogP contribution in [-0.4, -0.2) is 47.4 Å². The summed E-state index contributed by atoms with van der Waals surface area (Å²) < 4.78 is 0. The van der Waals surface area contributed by atoms with Crippen molar-refractivity contribution in [1.82, 2.24) is 10.2 Å². The third-order valence-corrected chi connectivity index (χ3v) is 4.48. The van der Waals surface area contributed by atoms with Crippen LogP contribution in [0.3, 0.4) is 0 Å². The Morgan fingerprint density at radius 3 is 2.56 bits per heavy atom. The maximum Gasteiger partial charge on any atom is 0.244 e. The molecule has 1 N–H and O–H groups in total. The quantitative estimate of drug-likeness (QED) is 0.850. The van der Waals surface area contributed by atoms with Gasteiger partial charge in [0.15, 0.2) is 5.17 Å². The molecule has 0 aromatic carbocycles. The van der Waals surface area contributed by atoms with E-state index < -0.39 is 0 Å². The van der Waals surface area contributed by atoms with Gasteiger partial charge in [-0.2, -0.15) is 0 Å². The Kier molecular flexibility index (Phi) is 5.50. The Morgan fingerprint density at radius 1 is 1.50 bits per heavy atom. The minimum atomic E-state index is -0.197. The predicted molar refractivity (Wildman–Crippen MR) is 79.1 cm³/mol. The fourth-order valence-corrected chi connectivity index (χ4v) is 2.82. The van der Waals surface area contributed by atoms with Gasteiger partial charge in [0, 0.05) is 25.4 Å². The summed E-state index contributed by atoms with van der Waals surface area (Å²) in [6, 6.07) is -0.197. The van der Waals surface area contributed by atoms with E-state index in [1.807, 2.05) is 25.7 Å². The van der Waals surface area contributed by atoms with Crippen LogP contribution in [0.1, 0.15) is 34.6 Å². The molecule has 1 unspecified atom stereocenters. The lowest BCUT2D eigenvalue weighted by Crippen LogP contribution is -2.47. The third-order valence-electron chi connectivity index (χ3n) is 3.04. The van der Waals surface area contributed by atoms with E-state index >= 15 is 0 Å². The molecule has 0 radical (unpaired) electrons. The van der Waals surface area contributed by atoms with Crippen molar-refractivity contribution in [3.63, 3.8) is 0 Å². The highest BCUT2D eigenvalue weighted by Crippen LogP contribution is 2.27. The van der Waals surface area contributed by atoms with Gasteiger partial charge < -0.3 is 10.2 Å². The van der Waals surface area contributed by atoms with E-state index in [4.69, 9.17) is 0 Å². The number of thioether (sulfide) groups is 1. The number of likely N-dealkylation sites (N-methyl/N-ethyl adjacent to an activating group) is 1. The molecule has 4 nitrogen and oxygen atoms in total. The van der Waals surface area contributed by atoms with Crippen molar-refractivity contribution in [3.8, 4) is 0 Å². The number of carbonyl (C=O) groups excluding carboxylic acids is 1. The predicted octanol–water partition coefficient (Wildman–Crippen LogP) is 1.96. The second kappa shape index (κ2) is 6.45. The summed E-state index contributed by atoms with van der Waals surface area (Å²) in [5.74, 6) is 1.19. The van der Waals surface area contributed by atoms with E-state index in [9.17, 15) is 4.79 Å². The number of nitrogens with zero attached hydrogens (tertiary/aromatic N) is 2. The number of carbonyl (C=O) groups is 1. The molecular weight excluding hydrogens is 246 g/mol. The van der Waals surface area contributed by atoms with Crippen LogP contribution in [0.5, 0.6) is 0 Å². The molecule has 0 aliphatic carbocycles. The molecule has 1 rings (SSSR count). The van der Waals surface area contributed by atoms with E-state index in [0.29, 0.717) is 0 Å². The van der Waals surface area contributed by atoms with Crippen LogP contribution in [0, 0.1) is 5.41 Å². The fraction of sp³-hybridized carbons (Fsp3) is 0.846. The van der Waals surface area contributed by atoms with Crippen LogP contribution in [0.15, 0.2) is 4.99 Å². The molecule has 1 aliphatic rings. The number of amidine groups is 1. The summed E-state index contributed by atoms with van der Waals surface area (Å²) >= 11 is 1.71. The fourth-order valence-electron chi connectivity index (χ4n) is 1.78. The number of rotatable bonds is 4. The van der Waals surface area contributed by atoms with Gasteiger partial charge in [0.25, 0.3) is 0 Å². The zero-order chi connectivity index (χ0) is 13.8. The van der Waals surface area contributed by atoms with Crippen molar-refractivity contribution < 1.29 is 4.79 Å². The van der Waals surface area contributed by atoms with Gasteiger partial charge in [-0.25, -0.2) is 0 Å². The molecule has 5 heteroatoms. The van der Waals surface area contributed by atoms with Gasteiger partial charge in [0.1, 0.15) is 6.04 Å². The van der Waals surface area contributed by atoms with Crippen LogP contribution in [0.2, 0.25) is 0 Å². The maximum atomic E-state index is 12.1. The average Bonchev–Trinajstić information content (AvgIpc) is 2.33. The largest absolute Gasteiger partial charge is 0.353 e. The van der Waals surface area contributed by atoms with Crippen LogP contribution in [-0.2, 0) is 4.79 Å². The summed E-state index contributed by atoms with van der Waals surface area (Å²) in [6.07, 6.45) is 0. The molecule has 1 amide bonds. The molecule has 0 saturated heterocycles. The minimum Gasteiger partial charge on any atom is -0.353 e. The van der Waals surface area contributed by atoms with Crippen LogP contribution in [0.4, 0.5) is 0 Å². The molecule has 1 atom stereocenters. The number of nitrogens with one attached hydrogen (secondary N) is 1. The molecule has 0 spiro atoms. The van der Waals surface area contributed by atoms with E-state index in [1.54, 1.807) is 11.8 Å². The molecule has 1 aliphatic heterocycles. The zero-order valence-electron chi connectivity index (χ0n) is 12.1. The van der Waals surface area contributed by atoms with E-state index in [1.165, 1.54) is 0 Å². The van der Waals surface area contributed by atoms with Crippen molar-refractivity contribution in [1.29, 1.82) is 0 Å². The Morgan fingerprint density at radius 2 is 2.11 bits per heavy atom. The topological polar surface area (TPSA) is 44.7 Å². The van der Waals surface area contributed by atoms with Gasteiger partial charge >= 0.3 is 0 Å². The summed E-state index contributed by atoms with van der Waals surface area (Å²) in [6.45, 7) is 12.7. The number of aliphatic imine (C=N–C) groups is 1. The van der Waals surface area contributed by atoms with Crippen molar-refractivity contribution in [2.24, 2.45) is 10.4 Å². The van der Waals surface area contributed by atoms with Crippen molar-refractivity contribution in [3.05, 3.63) is 0 Å². The van der Waals surface area contributed by atoms with Gasteiger partial charge in [-0.05, 0) is 26.2 Å². The molecule has 0 bridgehead atoms. The molecule has 0 fully saturated rings. The lowest BCUT2D eigenvalue weighted by molar-refractivity contribution is -0.132. The first-order chi connectivity index (χ1) is 8.39. The summed E-state index contributed by atoms with van der Waals surface area (Å²) in [5, 5.41) is 4.13. The SMILES string of the molecule is CCN(CC)C(=O)C(C)NC1=NCC(C)(C)CS1. The number of hydrogen-bond donors (Lipinski definition) is 1. The van der Waals surface area contributed by atoms with Crippen LogP contribution in [0.25, 0.3) is 0 Å². The Hall–Kier alpha value is -0.710. The first-order valence-corrected chi connectivity index (χ1v) is 7.60. The van der Waals surface area contributed by atoms with Crippen LogP contribution < -0.4 is 5.32 Å². The minimum absolute atomic E-state index is 0.146. The summed E-state index contributed by atoms with van der Waals surface area (Å²) in [5.41, 5.74) is 0.266. The normalized spacial score (nSPS) is 19.9. The second-order valence-electron chi connectivity index (χ2n) is 5.45. The molecule has 0 aromatic rings. The van der Waals surface area contributed by atoms with Gasteiger partial charge in [0.05, 0.1) is 0 Å². The van der Waals surface area contributed by atoms with E-state index in [2.05, 4.69) is 24.2 Å². The molecule has 104 valence electrons. The summed E-state index contributed by atoms with van der Waals surface area (Å²) in [4.78, 5) is 18.5. The first kappa shape index (κ1) is 15.3. The molecule has 18 heavy (non-hydrogen) atoms. The lowest BCUT2D eigenvalue weighted by Gasteiger charge is -2.29. The van der Waals surface area contributed by atoms with Gasteiger partial charge in [0.2, 0.25) is 5.91 Å². The van der Waals surface area contributed by atoms with E-state index in [-0.39, 0.29) is 17.4 Å². The Labute approximate surface area is 115 Å². The van der Waals surface area contributed by atoms with Gasteiger partial charge in [-0.1, -0.05) is 25.6 Å². The summed E-state index contributed by atoms with van der Waals surface area (Å²) in [7, 11) is 0. The highest BCUT2D eigenvalue weighted by molar-refractivity contribution is 8.13. The van der Waals surface area contributed by atoms with Crippen molar-refractivity contribution >= 4 is 22.8 Å². The van der Waals surface area contributed by atoms with Crippen LogP contribution >= 0.6 is 11.8 Å². The Bertz CT molecular complexity index is 324. The molecule has 1 heterocycles. The highest BCUT2D eigenvalue weighted by atomic mass is 32.2. The van der Waals surface area contributed by atoms with Crippen molar-refractivity contribution in [2.45, 2.75) is 40.7 Å².